The molecule has 1 aromatic carbocycles. The molecule has 0 aromatic heterocycles. The first-order chi connectivity index (χ1) is 12.4. The van der Waals surface area contributed by atoms with Crippen LogP contribution in [-0.4, -0.2) is 58.3 Å². The summed E-state index contributed by atoms with van der Waals surface area (Å²) in [6.07, 6.45) is 1.85. The minimum Gasteiger partial charge on any atom is -0.504 e. The molecule has 1 amide bonds. The van der Waals surface area contributed by atoms with Crippen molar-refractivity contribution >= 4 is 27.6 Å². The number of ether oxygens (including phenoxy) is 1. The van der Waals surface area contributed by atoms with Gasteiger partial charge in [0, 0.05) is 18.0 Å². The SMILES string of the molecule is CN1CCC23c4c5ccc(O)c4O[C@@H]2C(=O)CCC3(NC(=O)CBr)[C@H]1C5. The monoisotopic (exact) mass is 420 g/mol. The summed E-state index contributed by atoms with van der Waals surface area (Å²) in [6, 6.07) is 3.71. The van der Waals surface area contributed by atoms with Crippen molar-refractivity contribution in [1.29, 1.82) is 0 Å². The first-order valence-corrected chi connectivity index (χ1v) is 10.2. The molecule has 7 heteroatoms. The van der Waals surface area contributed by atoms with Crippen molar-refractivity contribution in [2.24, 2.45) is 0 Å². The maximum Gasteiger partial charge on any atom is 0.231 e. The van der Waals surface area contributed by atoms with Gasteiger partial charge in [0.25, 0.3) is 0 Å². The molecule has 2 unspecified atom stereocenters. The molecule has 2 heterocycles. The molecule has 1 saturated heterocycles. The van der Waals surface area contributed by atoms with E-state index < -0.39 is 17.1 Å². The Morgan fingerprint density at radius 3 is 3.04 bits per heavy atom. The minimum atomic E-state index is -0.634. The molecule has 2 aliphatic heterocycles. The standard InChI is InChI=1S/C19H21BrN2O4/c1-22-7-6-18-15-10-2-3-11(23)16(15)26-17(18)12(24)4-5-19(18,13(22)8-10)21-14(25)9-20/h2-3,13,17,23H,4-9H2,1H3,(H,21,25)/t13-,17-,18?,19?/m1/s1. The zero-order valence-corrected chi connectivity index (χ0v) is 16.1. The summed E-state index contributed by atoms with van der Waals surface area (Å²) in [5.41, 5.74) is 0.916. The lowest BCUT2D eigenvalue weighted by molar-refractivity contribution is -0.148. The average Bonchev–Trinajstić information content (AvgIpc) is 2.99. The molecular weight excluding hydrogens is 400 g/mol. The Morgan fingerprint density at radius 2 is 2.27 bits per heavy atom. The van der Waals surface area contributed by atoms with Crippen molar-refractivity contribution in [1.82, 2.24) is 10.2 Å². The van der Waals surface area contributed by atoms with E-state index in [0.717, 1.165) is 30.5 Å². The van der Waals surface area contributed by atoms with Gasteiger partial charge in [0.1, 0.15) is 0 Å². The number of rotatable bonds is 2. The van der Waals surface area contributed by atoms with Crippen molar-refractivity contribution in [3.63, 3.8) is 0 Å². The van der Waals surface area contributed by atoms with E-state index in [0.29, 0.717) is 18.6 Å². The Labute approximate surface area is 160 Å². The summed E-state index contributed by atoms with van der Waals surface area (Å²) in [7, 11) is 2.09. The van der Waals surface area contributed by atoms with Gasteiger partial charge in [-0.2, -0.15) is 0 Å². The van der Waals surface area contributed by atoms with E-state index in [4.69, 9.17) is 4.74 Å². The van der Waals surface area contributed by atoms with Crippen molar-refractivity contribution < 1.29 is 19.4 Å². The highest BCUT2D eigenvalue weighted by atomic mass is 79.9. The summed E-state index contributed by atoms with van der Waals surface area (Å²) < 4.78 is 6.12. The topological polar surface area (TPSA) is 78.9 Å². The van der Waals surface area contributed by atoms with E-state index in [9.17, 15) is 14.7 Å². The van der Waals surface area contributed by atoms with Gasteiger partial charge in [0.05, 0.1) is 16.3 Å². The van der Waals surface area contributed by atoms with Gasteiger partial charge in [0.2, 0.25) is 5.91 Å². The Morgan fingerprint density at radius 1 is 1.46 bits per heavy atom. The van der Waals surface area contributed by atoms with Crippen molar-refractivity contribution in [2.45, 2.75) is 48.8 Å². The first kappa shape index (κ1) is 16.6. The number of halogens is 1. The number of hydrogen-bond donors (Lipinski definition) is 2. The molecule has 1 spiro atoms. The number of aromatic hydroxyl groups is 1. The summed E-state index contributed by atoms with van der Waals surface area (Å²) in [5.74, 6) is 0.525. The number of benzene rings is 1. The van der Waals surface area contributed by atoms with Crippen LogP contribution in [0.3, 0.4) is 0 Å². The fourth-order valence-corrected chi connectivity index (χ4v) is 6.26. The smallest absolute Gasteiger partial charge is 0.231 e. The number of carbonyl (C=O) groups excluding carboxylic acids is 2. The van der Waals surface area contributed by atoms with E-state index in [1.807, 2.05) is 6.07 Å². The number of likely N-dealkylation sites (N-methyl/N-ethyl adjacent to an activating group) is 1. The van der Waals surface area contributed by atoms with Crippen molar-refractivity contribution in [2.75, 3.05) is 18.9 Å². The third-order valence-electron chi connectivity index (χ3n) is 7.06. The lowest BCUT2D eigenvalue weighted by atomic mass is 9.47. The highest BCUT2D eigenvalue weighted by Crippen LogP contribution is 2.64. The largest absolute Gasteiger partial charge is 0.504 e. The molecule has 1 aromatic rings. The zero-order valence-electron chi connectivity index (χ0n) is 14.5. The Hall–Kier alpha value is -1.60. The van der Waals surface area contributed by atoms with Crippen LogP contribution in [0.1, 0.15) is 30.4 Å². The summed E-state index contributed by atoms with van der Waals surface area (Å²) in [5, 5.41) is 13.9. The molecule has 2 aliphatic carbocycles. The normalized spacial score (nSPS) is 37.1. The van der Waals surface area contributed by atoms with Gasteiger partial charge >= 0.3 is 0 Å². The van der Waals surface area contributed by atoms with E-state index in [1.165, 1.54) is 0 Å². The molecule has 2 bridgehead atoms. The second-order valence-electron chi connectivity index (χ2n) is 7.99. The number of carbonyl (C=O) groups is 2. The Balaban J connectivity index is 1.82. The molecule has 1 saturated carbocycles. The summed E-state index contributed by atoms with van der Waals surface area (Å²) in [4.78, 5) is 27.7. The lowest BCUT2D eigenvalue weighted by Crippen LogP contribution is -2.81. The quantitative estimate of drug-likeness (QED) is 0.704. The van der Waals surface area contributed by atoms with Crippen LogP contribution in [0.5, 0.6) is 11.5 Å². The van der Waals surface area contributed by atoms with E-state index >= 15 is 0 Å². The fraction of sp³-hybridized carbons (Fsp3) is 0.579. The number of alkyl halides is 1. The van der Waals surface area contributed by atoms with Crippen LogP contribution in [0.15, 0.2) is 12.1 Å². The summed E-state index contributed by atoms with van der Waals surface area (Å²) >= 11 is 3.27. The van der Waals surface area contributed by atoms with Gasteiger partial charge in [-0.3, -0.25) is 9.59 Å². The maximum absolute atomic E-state index is 12.9. The number of phenolic OH excluding ortho intramolecular Hbond substituents is 1. The van der Waals surface area contributed by atoms with Crippen LogP contribution in [0.2, 0.25) is 0 Å². The molecule has 26 heavy (non-hydrogen) atoms. The third kappa shape index (κ3) is 1.71. The van der Waals surface area contributed by atoms with Gasteiger partial charge in [0.15, 0.2) is 23.4 Å². The van der Waals surface area contributed by atoms with E-state index in [-0.39, 0.29) is 28.8 Å². The number of nitrogens with one attached hydrogen (secondary N) is 1. The molecule has 0 radical (unpaired) electrons. The van der Waals surface area contributed by atoms with Gasteiger partial charge in [-0.05, 0) is 44.5 Å². The molecule has 2 N–H and O–H groups in total. The van der Waals surface area contributed by atoms with Gasteiger partial charge in [-0.15, -0.1) is 0 Å². The predicted octanol–water partition coefficient (Wildman–Crippen LogP) is 1.26. The molecule has 138 valence electrons. The second kappa shape index (κ2) is 5.23. The highest BCUT2D eigenvalue weighted by molar-refractivity contribution is 9.09. The van der Waals surface area contributed by atoms with E-state index in [1.54, 1.807) is 6.07 Å². The number of Topliss-reactive ketones (excluding diaryl/α,β-unsaturated/α-hetero) is 1. The van der Waals surface area contributed by atoms with Crippen LogP contribution in [0, 0.1) is 0 Å². The highest BCUT2D eigenvalue weighted by Gasteiger charge is 2.73. The second-order valence-corrected chi connectivity index (χ2v) is 8.55. The number of likely N-dealkylation sites (tertiary alicyclic amines) is 1. The fourth-order valence-electron chi connectivity index (χ4n) is 6.12. The van der Waals surface area contributed by atoms with Crippen LogP contribution >= 0.6 is 15.9 Å². The predicted molar refractivity (Wildman–Crippen MR) is 97.8 cm³/mol. The third-order valence-corrected chi connectivity index (χ3v) is 7.57. The zero-order chi connectivity index (χ0) is 18.3. The molecular formula is C19H21BrN2O4. The Kier molecular flexibility index (Phi) is 3.33. The van der Waals surface area contributed by atoms with Gasteiger partial charge in [-0.25, -0.2) is 0 Å². The number of hydrogen-bond acceptors (Lipinski definition) is 5. The number of phenols is 1. The number of ketones is 1. The number of nitrogens with zero attached hydrogens (tertiary/aromatic N) is 1. The first-order valence-electron chi connectivity index (χ1n) is 9.06. The Bertz CT molecular complexity index is 843. The van der Waals surface area contributed by atoms with Crippen molar-refractivity contribution in [3.05, 3.63) is 23.3 Å². The number of piperidine rings is 1. The summed E-state index contributed by atoms with van der Waals surface area (Å²) in [6.45, 7) is 0.832. The van der Waals surface area contributed by atoms with Gasteiger partial charge < -0.3 is 20.1 Å². The molecule has 5 rings (SSSR count). The van der Waals surface area contributed by atoms with Crippen LogP contribution in [0.25, 0.3) is 0 Å². The van der Waals surface area contributed by atoms with Crippen LogP contribution in [-0.2, 0) is 21.4 Å². The number of amides is 1. The van der Waals surface area contributed by atoms with Crippen LogP contribution in [0.4, 0.5) is 0 Å². The van der Waals surface area contributed by atoms with Gasteiger partial charge in [-0.1, -0.05) is 22.0 Å². The van der Waals surface area contributed by atoms with E-state index in [2.05, 4.69) is 33.2 Å². The molecule has 4 atom stereocenters. The average molecular weight is 421 g/mol. The lowest BCUT2D eigenvalue weighted by Gasteiger charge is -2.64. The molecule has 2 fully saturated rings. The van der Waals surface area contributed by atoms with Crippen LogP contribution < -0.4 is 10.1 Å². The van der Waals surface area contributed by atoms with Crippen molar-refractivity contribution in [3.8, 4) is 11.5 Å². The maximum atomic E-state index is 12.9. The molecule has 6 nitrogen and oxygen atoms in total. The molecule has 4 aliphatic rings. The minimum absolute atomic E-state index is 0.0699.